The quantitative estimate of drug-likeness (QED) is 0.260. The molecular weight excluding hydrogens is 458 g/mol. The molecule has 1 heterocycles. The van der Waals surface area contributed by atoms with Gasteiger partial charge in [-0.15, -0.1) is 0 Å². The Bertz CT molecular complexity index is 1070. The topological polar surface area (TPSA) is 82.8 Å². The van der Waals surface area contributed by atoms with Crippen molar-refractivity contribution < 1.29 is 9.57 Å². The zero-order valence-electron chi connectivity index (χ0n) is 17.9. The highest BCUT2D eigenvalue weighted by molar-refractivity contribution is 9.10. The second-order valence-electron chi connectivity index (χ2n) is 6.80. The maximum absolute atomic E-state index is 8.41. The van der Waals surface area contributed by atoms with E-state index < -0.39 is 0 Å². The van der Waals surface area contributed by atoms with Gasteiger partial charge < -0.3 is 9.57 Å². The summed E-state index contributed by atoms with van der Waals surface area (Å²) in [6.45, 7) is 2.87. The van der Waals surface area contributed by atoms with Gasteiger partial charge in [-0.2, -0.15) is 0 Å². The first kappa shape index (κ1) is 22.7. The molecule has 0 bridgehead atoms. The number of aromatic nitrogens is 1. The summed E-state index contributed by atoms with van der Waals surface area (Å²) < 4.78 is 6.81. The first-order chi connectivity index (χ1) is 15.0. The number of oxime groups is 1. The van der Waals surface area contributed by atoms with Crippen molar-refractivity contribution in [2.24, 2.45) is 5.16 Å². The van der Waals surface area contributed by atoms with E-state index >= 15 is 0 Å². The number of halogens is 1. The fourth-order valence-electron chi connectivity index (χ4n) is 2.87. The van der Waals surface area contributed by atoms with Crippen molar-refractivity contribution in [2.45, 2.75) is 20.0 Å². The van der Waals surface area contributed by atoms with Crippen LogP contribution in [0.1, 0.15) is 24.6 Å². The number of hydrogen-bond donors (Lipinski definition) is 2. The van der Waals surface area contributed by atoms with Crippen molar-refractivity contribution in [3.63, 3.8) is 0 Å². The predicted molar refractivity (Wildman–Crippen MR) is 128 cm³/mol. The van der Waals surface area contributed by atoms with Crippen LogP contribution in [0.5, 0.6) is 5.75 Å². The lowest BCUT2D eigenvalue weighted by molar-refractivity contribution is 0.128. The lowest BCUT2D eigenvalue weighted by Crippen LogP contribution is -2.41. The molecular formula is C23H26BrN5O2. The zero-order valence-corrected chi connectivity index (χ0v) is 19.4. The van der Waals surface area contributed by atoms with E-state index in [0.717, 1.165) is 38.8 Å². The Balaban J connectivity index is 1.85. The summed E-state index contributed by atoms with van der Waals surface area (Å²) in [7, 11) is 3.49. The van der Waals surface area contributed by atoms with Crippen molar-refractivity contribution in [1.82, 2.24) is 15.4 Å². The zero-order chi connectivity index (χ0) is 22.2. The lowest BCUT2D eigenvalue weighted by atomic mass is 10.1. The molecule has 0 unspecified atom stereocenters. The molecule has 0 spiro atoms. The minimum absolute atomic E-state index is 0.169. The number of hydrazine groups is 1. The van der Waals surface area contributed by atoms with Gasteiger partial charge in [0.25, 0.3) is 0 Å². The van der Waals surface area contributed by atoms with Gasteiger partial charge in [-0.1, -0.05) is 58.3 Å². The van der Waals surface area contributed by atoms with E-state index in [4.69, 9.17) is 20.0 Å². The number of benzene rings is 2. The maximum Gasteiger partial charge on any atom is 0.165 e. The summed E-state index contributed by atoms with van der Waals surface area (Å²) in [5.74, 6) is 0.937. The smallest absolute Gasteiger partial charge is 0.165 e. The van der Waals surface area contributed by atoms with Gasteiger partial charge in [-0.3, -0.25) is 10.4 Å². The van der Waals surface area contributed by atoms with E-state index in [1.807, 2.05) is 54.6 Å². The van der Waals surface area contributed by atoms with E-state index in [2.05, 4.69) is 33.4 Å². The second-order valence-corrected chi connectivity index (χ2v) is 7.66. The number of fused-ring (bicyclic) bond motifs is 1. The third-order valence-corrected chi connectivity index (χ3v) is 5.29. The van der Waals surface area contributed by atoms with Gasteiger partial charge in [0.1, 0.15) is 11.3 Å². The molecule has 3 rings (SSSR count). The fraction of sp³-hybridized carbons (Fsp3) is 0.261. The molecule has 0 saturated carbocycles. The van der Waals surface area contributed by atoms with Gasteiger partial charge in [0, 0.05) is 29.5 Å². The SMILES string of the molecule is CCCOc1ccc(Br)c2ccc(CO/N=C(\C(=N)N(C)NC)c3ccccc3)nc12. The molecule has 1 aromatic heterocycles. The minimum atomic E-state index is 0.169. The van der Waals surface area contributed by atoms with Crippen LogP contribution in [0, 0.1) is 5.41 Å². The number of likely N-dealkylation sites (N-methyl/N-ethyl adjacent to an activating group) is 1. The fourth-order valence-corrected chi connectivity index (χ4v) is 3.32. The van der Waals surface area contributed by atoms with Crippen molar-refractivity contribution >= 4 is 38.4 Å². The number of nitrogens with one attached hydrogen (secondary N) is 2. The third kappa shape index (κ3) is 5.59. The monoisotopic (exact) mass is 483 g/mol. The third-order valence-electron chi connectivity index (χ3n) is 4.60. The Morgan fingerprint density at radius 2 is 1.94 bits per heavy atom. The van der Waals surface area contributed by atoms with Crippen molar-refractivity contribution in [2.75, 3.05) is 20.7 Å². The summed E-state index contributed by atoms with van der Waals surface area (Å²) in [4.78, 5) is 10.4. The summed E-state index contributed by atoms with van der Waals surface area (Å²) in [6, 6.07) is 17.3. The largest absolute Gasteiger partial charge is 0.491 e. The Labute approximate surface area is 190 Å². The van der Waals surface area contributed by atoms with Crippen LogP contribution in [-0.2, 0) is 11.4 Å². The highest BCUT2D eigenvalue weighted by atomic mass is 79.9. The minimum Gasteiger partial charge on any atom is -0.491 e. The van der Waals surface area contributed by atoms with Gasteiger partial charge in [-0.05, 0) is 30.7 Å². The molecule has 0 aliphatic rings. The van der Waals surface area contributed by atoms with Crippen LogP contribution in [0.3, 0.4) is 0 Å². The number of rotatable bonds is 9. The van der Waals surface area contributed by atoms with Crippen LogP contribution in [0.4, 0.5) is 0 Å². The average Bonchev–Trinajstić information content (AvgIpc) is 2.81. The van der Waals surface area contributed by atoms with Gasteiger partial charge >= 0.3 is 0 Å². The van der Waals surface area contributed by atoms with E-state index in [9.17, 15) is 0 Å². The molecule has 3 aromatic rings. The second kappa shape index (κ2) is 10.9. The summed E-state index contributed by atoms with van der Waals surface area (Å²) in [6.07, 6.45) is 0.921. The molecule has 7 nitrogen and oxygen atoms in total. The van der Waals surface area contributed by atoms with E-state index in [1.165, 1.54) is 0 Å². The number of ether oxygens (including phenoxy) is 1. The van der Waals surface area contributed by atoms with Crippen LogP contribution in [-0.4, -0.2) is 42.2 Å². The molecule has 31 heavy (non-hydrogen) atoms. The Morgan fingerprint density at radius 3 is 2.65 bits per heavy atom. The Kier molecular flexibility index (Phi) is 7.97. The highest BCUT2D eigenvalue weighted by Gasteiger charge is 2.15. The van der Waals surface area contributed by atoms with Crippen LogP contribution in [0.2, 0.25) is 0 Å². The molecule has 0 aliphatic carbocycles. The van der Waals surface area contributed by atoms with Crippen LogP contribution in [0.15, 0.2) is 64.2 Å². The molecule has 0 atom stereocenters. The lowest BCUT2D eigenvalue weighted by Gasteiger charge is -2.19. The molecule has 2 aromatic carbocycles. The maximum atomic E-state index is 8.41. The first-order valence-electron chi connectivity index (χ1n) is 10.0. The van der Waals surface area contributed by atoms with Crippen molar-refractivity contribution in [3.8, 4) is 5.75 Å². The van der Waals surface area contributed by atoms with E-state index in [0.29, 0.717) is 12.3 Å². The van der Waals surface area contributed by atoms with Crippen molar-refractivity contribution in [1.29, 1.82) is 5.41 Å². The molecule has 0 fully saturated rings. The van der Waals surface area contributed by atoms with Crippen LogP contribution < -0.4 is 10.2 Å². The van der Waals surface area contributed by atoms with Gasteiger partial charge in [0.2, 0.25) is 0 Å². The molecule has 162 valence electrons. The predicted octanol–water partition coefficient (Wildman–Crippen LogP) is 4.75. The van der Waals surface area contributed by atoms with Gasteiger partial charge in [0.05, 0.1) is 12.3 Å². The van der Waals surface area contributed by atoms with E-state index in [1.54, 1.807) is 19.1 Å². The number of hydrogen-bond acceptors (Lipinski definition) is 6. The number of pyridine rings is 1. The van der Waals surface area contributed by atoms with Gasteiger partial charge in [0.15, 0.2) is 18.2 Å². The molecule has 0 radical (unpaired) electrons. The molecule has 2 N–H and O–H groups in total. The highest BCUT2D eigenvalue weighted by Crippen LogP contribution is 2.30. The molecule has 8 heteroatoms. The van der Waals surface area contributed by atoms with E-state index in [-0.39, 0.29) is 12.4 Å². The number of amidine groups is 1. The summed E-state index contributed by atoms with van der Waals surface area (Å²) in [5.41, 5.74) is 5.62. The average molecular weight is 484 g/mol. The molecule has 0 aliphatic heterocycles. The summed E-state index contributed by atoms with van der Waals surface area (Å²) >= 11 is 3.57. The van der Waals surface area contributed by atoms with Crippen LogP contribution >= 0.6 is 15.9 Å². The molecule has 0 saturated heterocycles. The van der Waals surface area contributed by atoms with Crippen LogP contribution in [0.25, 0.3) is 10.9 Å². The first-order valence-corrected chi connectivity index (χ1v) is 10.8. The standard InChI is InChI=1S/C23H26BrN5O2/c1-4-14-30-20-13-12-19(24)18-11-10-17(27-22(18)20)15-31-28-21(23(25)29(3)26-2)16-8-6-5-7-9-16/h5-13,25-26H,4,14-15H2,1-3H3/b25-23?,28-21-. The summed E-state index contributed by atoms with van der Waals surface area (Å²) in [5, 5.41) is 15.2. The Morgan fingerprint density at radius 1 is 1.16 bits per heavy atom. The van der Waals surface area contributed by atoms with Crippen molar-refractivity contribution in [3.05, 3.63) is 70.3 Å². The van der Waals surface area contributed by atoms with Gasteiger partial charge in [-0.25, -0.2) is 10.4 Å². The molecule has 0 amide bonds. The number of nitrogens with zero attached hydrogens (tertiary/aromatic N) is 3. The normalized spacial score (nSPS) is 11.4. The Hall–Kier alpha value is -2.97.